The fraction of sp³-hybridized carbons (Fsp3) is 0. The molecule has 0 saturated heterocycles. The Morgan fingerprint density at radius 3 is 2.11 bits per heavy atom. The third-order valence-electron chi connectivity index (χ3n) is 3.86. The number of fused-ring (bicyclic) bond motifs is 3. The Morgan fingerprint density at radius 1 is 0.786 bits per heavy atom. The minimum Gasteiger partial charge on any atom is -0.478 e. The molecule has 5 nitrogen and oxygen atoms in total. The summed E-state index contributed by atoms with van der Waals surface area (Å²) in [6.45, 7) is 0. The molecule has 0 aliphatic carbocycles. The maximum Gasteiger partial charge on any atom is 0.335 e. The number of hydrogen-bond acceptors (Lipinski definition) is 3. The van der Waals surface area contributed by atoms with E-state index >= 15 is 0 Å². The van der Waals surface area contributed by atoms with Crippen LogP contribution in [0.3, 0.4) is 0 Å². The van der Waals surface area contributed by atoms with Crippen molar-refractivity contribution in [3.63, 3.8) is 0 Å². The first-order valence-corrected chi connectivity index (χ1v) is 9.52. The van der Waals surface area contributed by atoms with Gasteiger partial charge >= 0.3 is 5.97 Å². The molecule has 2 N–H and O–H groups in total. The first-order chi connectivity index (χ1) is 13.8. The van der Waals surface area contributed by atoms with Gasteiger partial charge in [-0.3, -0.25) is 0 Å². The van der Waals surface area contributed by atoms with Crippen LogP contribution in [0.4, 0.5) is 0 Å². The number of benzene rings is 3. The number of aromatic carboxylic acids is 1. The number of carbonyl (C=O) groups is 1. The van der Waals surface area contributed by atoms with Crippen LogP contribution in [0.25, 0.3) is 21.3 Å². The first-order valence-electron chi connectivity index (χ1n) is 8.56. The Hall–Kier alpha value is -3.56. The third-order valence-corrected chi connectivity index (χ3v) is 4.85. The highest BCUT2D eigenvalue weighted by Gasteiger charge is 1.98. The maximum atomic E-state index is 10.2. The molecule has 5 aromatic rings. The number of rotatable bonds is 1. The van der Waals surface area contributed by atoms with Crippen molar-refractivity contribution < 1.29 is 9.90 Å². The average Bonchev–Trinajstić information content (AvgIpc) is 3.35. The molecule has 0 aliphatic heterocycles. The summed E-state index contributed by atoms with van der Waals surface area (Å²) >= 11 is 0. The Kier molecular flexibility index (Phi) is 6.83. The van der Waals surface area contributed by atoms with E-state index in [1.54, 1.807) is 42.7 Å². The highest BCUT2D eigenvalue weighted by molar-refractivity contribution is 7.36. The van der Waals surface area contributed by atoms with Gasteiger partial charge in [-0.15, -0.1) is 0 Å². The zero-order valence-corrected chi connectivity index (χ0v) is 15.8. The van der Waals surface area contributed by atoms with Gasteiger partial charge in [0.2, 0.25) is 0 Å². The van der Waals surface area contributed by atoms with Gasteiger partial charge in [0, 0.05) is 5.12 Å². The van der Waals surface area contributed by atoms with E-state index in [9.17, 15) is 4.79 Å². The largest absolute Gasteiger partial charge is 0.478 e. The topological polar surface area (TPSA) is 78.9 Å². The molecule has 0 amide bonds. The van der Waals surface area contributed by atoms with Crippen molar-refractivity contribution in [1.29, 1.82) is 0 Å². The lowest BCUT2D eigenvalue weighted by Crippen LogP contribution is -1.93. The summed E-state index contributed by atoms with van der Waals surface area (Å²) in [4.78, 5) is 10.2. The van der Waals surface area contributed by atoms with Gasteiger partial charge in [-0.1, -0.05) is 68.9 Å². The second kappa shape index (κ2) is 9.95. The van der Waals surface area contributed by atoms with Crippen LogP contribution in [0, 0.1) is 0 Å². The van der Waals surface area contributed by atoms with Crippen molar-refractivity contribution in [3.8, 4) is 0 Å². The smallest absolute Gasteiger partial charge is 0.335 e. The van der Waals surface area contributed by atoms with Gasteiger partial charge in [-0.25, -0.2) is 4.79 Å². The van der Waals surface area contributed by atoms with Gasteiger partial charge < -0.3 is 5.11 Å². The molecule has 0 atom stereocenters. The summed E-state index contributed by atoms with van der Waals surface area (Å²) in [6.07, 6.45) is 3.17. The van der Waals surface area contributed by atoms with E-state index in [0.717, 1.165) is 0 Å². The number of H-pyrrole nitrogens is 1. The molecule has 0 saturated carbocycles. The fourth-order valence-electron chi connectivity index (χ4n) is 2.58. The molecule has 6 heteroatoms. The first kappa shape index (κ1) is 19.2. The SMILES string of the molecule is O=C(O)c1ccccc1.c1ccc2c(c1)ccc1pcccc12.c1cn[nH]n1. The minimum absolute atomic E-state index is 0.331. The lowest BCUT2D eigenvalue weighted by atomic mass is 10.1. The summed E-state index contributed by atoms with van der Waals surface area (Å²) in [6, 6.07) is 25.6. The molecule has 0 unspecified atom stereocenters. The zero-order chi connectivity index (χ0) is 19.6. The van der Waals surface area contributed by atoms with Crippen LogP contribution >= 0.6 is 8.19 Å². The molecule has 0 fully saturated rings. The minimum atomic E-state index is -0.879. The molecule has 0 bridgehead atoms. The molecule has 0 radical (unpaired) electrons. The lowest BCUT2D eigenvalue weighted by Gasteiger charge is -2.01. The molecule has 3 aromatic carbocycles. The summed E-state index contributed by atoms with van der Waals surface area (Å²) in [5, 5.41) is 23.2. The highest BCUT2D eigenvalue weighted by atomic mass is 31.0. The van der Waals surface area contributed by atoms with Crippen LogP contribution in [-0.2, 0) is 0 Å². The van der Waals surface area contributed by atoms with Crippen LogP contribution in [0.5, 0.6) is 0 Å². The Bertz CT molecular complexity index is 1070. The maximum absolute atomic E-state index is 10.2. The molecule has 2 heterocycles. The van der Waals surface area contributed by atoms with Crippen molar-refractivity contribution in [2.24, 2.45) is 0 Å². The number of aromatic amines is 1. The highest BCUT2D eigenvalue weighted by Crippen LogP contribution is 2.29. The molecule has 0 spiro atoms. The van der Waals surface area contributed by atoms with Gasteiger partial charge in [0.1, 0.15) is 0 Å². The Morgan fingerprint density at radius 2 is 1.46 bits per heavy atom. The number of aromatic nitrogens is 3. The quantitative estimate of drug-likeness (QED) is 0.358. The van der Waals surface area contributed by atoms with E-state index in [1.807, 2.05) is 0 Å². The number of nitrogens with one attached hydrogen (secondary N) is 1. The molecule has 28 heavy (non-hydrogen) atoms. The predicted octanol–water partition coefficient (Wildman–Crippen LogP) is 5.76. The zero-order valence-electron chi connectivity index (χ0n) is 14.9. The summed E-state index contributed by atoms with van der Waals surface area (Å²) in [5.74, 6) is 1.30. The van der Waals surface area contributed by atoms with Crippen LogP contribution in [0.15, 0.2) is 97.1 Å². The van der Waals surface area contributed by atoms with E-state index in [1.165, 1.54) is 29.5 Å². The van der Waals surface area contributed by atoms with Gasteiger partial charge in [0.25, 0.3) is 0 Å². The van der Waals surface area contributed by atoms with Crippen molar-refractivity contribution in [1.82, 2.24) is 15.4 Å². The van der Waals surface area contributed by atoms with Crippen LogP contribution in [0.1, 0.15) is 10.4 Å². The molecule has 138 valence electrons. The van der Waals surface area contributed by atoms with Crippen molar-refractivity contribution in [2.45, 2.75) is 0 Å². The summed E-state index contributed by atoms with van der Waals surface area (Å²) < 4.78 is 0. The van der Waals surface area contributed by atoms with Gasteiger partial charge in [-0.2, -0.15) is 15.4 Å². The van der Waals surface area contributed by atoms with Crippen LogP contribution in [-0.4, -0.2) is 26.5 Å². The number of hydrogen-bond donors (Lipinski definition) is 2. The second-order valence-electron chi connectivity index (χ2n) is 5.68. The standard InChI is InChI=1S/C13H9P.C7H6O2.C2H3N3/c1-2-5-11-10(4-1)7-8-13-12(11)6-3-9-14-13;8-7(9)6-4-2-1-3-5-6;1-2-4-5-3-1/h1-9H;1-5H,(H,8,9);1-2H,(H,3,4,5). The average molecular weight is 387 g/mol. The number of carboxylic acid groups (broad SMARTS) is 1. The third kappa shape index (κ3) is 5.22. The van der Waals surface area contributed by atoms with E-state index in [2.05, 4.69) is 69.7 Å². The van der Waals surface area contributed by atoms with Gasteiger partial charge in [0.05, 0.1) is 18.0 Å². The molecule has 0 aliphatic rings. The van der Waals surface area contributed by atoms with E-state index in [4.69, 9.17) is 5.11 Å². The monoisotopic (exact) mass is 387 g/mol. The Labute approximate surface area is 163 Å². The van der Waals surface area contributed by atoms with Crippen molar-refractivity contribution >= 4 is 35.4 Å². The normalized spacial score (nSPS) is 10.0. The molecule has 5 rings (SSSR count). The predicted molar refractivity (Wildman–Crippen MR) is 114 cm³/mol. The summed E-state index contributed by atoms with van der Waals surface area (Å²) in [7, 11) is 1.31. The molecule has 2 aromatic heterocycles. The Balaban J connectivity index is 0.000000138. The van der Waals surface area contributed by atoms with Crippen molar-refractivity contribution in [3.05, 3.63) is 103 Å². The number of nitrogens with zero attached hydrogens (tertiary/aromatic N) is 2. The van der Waals surface area contributed by atoms with E-state index < -0.39 is 5.97 Å². The second-order valence-corrected chi connectivity index (χ2v) is 6.72. The molecular weight excluding hydrogens is 369 g/mol. The fourth-order valence-corrected chi connectivity index (χ4v) is 3.41. The number of carboxylic acids is 1. The van der Waals surface area contributed by atoms with Crippen molar-refractivity contribution in [2.75, 3.05) is 0 Å². The van der Waals surface area contributed by atoms with Gasteiger partial charge in [-0.05, 0) is 40.2 Å². The molecular formula is C22H18N3O2P. The lowest BCUT2D eigenvalue weighted by molar-refractivity contribution is 0.0697. The van der Waals surface area contributed by atoms with Crippen LogP contribution < -0.4 is 0 Å². The van der Waals surface area contributed by atoms with Gasteiger partial charge in [0.15, 0.2) is 0 Å². The summed E-state index contributed by atoms with van der Waals surface area (Å²) in [5.41, 5.74) is 0.331. The van der Waals surface area contributed by atoms with E-state index in [0.29, 0.717) is 5.56 Å². The van der Waals surface area contributed by atoms with E-state index in [-0.39, 0.29) is 0 Å². The van der Waals surface area contributed by atoms with Crippen LogP contribution in [0.2, 0.25) is 0 Å².